The number of methoxy groups -OCH3 is 1. The highest BCUT2D eigenvalue weighted by Gasteiger charge is 2.33. The molecule has 0 radical (unpaired) electrons. The van der Waals surface area contributed by atoms with Gasteiger partial charge in [-0.3, -0.25) is 4.98 Å². The molecule has 0 atom stereocenters. The molecular formula is C13H10F3NO2. The number of alkyl halides is 3. The number of ether oxygens (including phenoxy) is 1. The lowest BCUT2D eigenvalue weighted by atomic mass is 10.0. The van der Waals surface area contributed by atoms with Gasteiger partial charge in [0.2, 0.25) is 0 Å². The van der Waals surface area contributed by atoms with Gasteiger partial charge in [-0.25, -0.2) is 4.79 Å². The van der Waals surface area contributed by atoms with Crippen LogP contribution in [-0.2, 0) is 10.9 Å². The van der Waals surface area contributed by atoms with Crippen molar-refractivity contribution in [2.45, 2.75) is 13.1 Å². The summed E-state index contributed by atoms with van der Waals surface area (Å²) in [6.45, 7) is 1.36. The van der Waals surface area contributed by atoms with Gasteiger partial charge < -0.3 is 4.74 Å². The third-order valence-corrected chi connectivity index (χ3v) is 2.86. The zero-order valence-electron chi connectivity index (χ0n) is 10.2. The molecule has 100 valence electrons. The Kier molecular flexibility index (Phi) is 3.18. The Hall–Kier alpha value is -2.11. The van der Waals surface area contributed by atoms with E-state index >= 15 is 0 Å². The number of halogens is 3. The number of aryl methyl sites for hydroxylation is 1. The molecule has 0 spiro atoms. The number of benzene rings is 1. The van der Waals surface area contributed by atoms with E-state index in [0.29, 0.717) is 5.52 Å². The van der Waals surface area contributed by atoms with Crippen molar-refractivity contribution in [2.24, 2.45) is 0 Å². The fraction of sp³-hybridized carbons (Fsp3) is 0.231. The number of carbonyl (C=O) groups excluding carboxylic acids is 1. The van der Waals surface area contributed by atoms with Crippen LogP contribution in [0, 0.1) is 6.92 Å². The lowest BCUT2D eigenvalue weighted by Crippen LogP contribution is -2.09. The predicted molar refractivity (Wildman–Crippen MR) is 62.8 cm³/mol. The molecule has 0 N–H and O–H groups in total. The molecule has 0 aliphatic heterocycles. The third-order valence-electron chi connectivity index (χ3n) is 2.86. The summed E-state index contributed by atoms with van der Waals surface area (Å²) in [5.74, 6) is -0.598. The van der Waals surface area contributed by atoms with E-state index in [2.05, 4.69) is 9.72 Å². The molecule has 3 nitrogen and oxygen atoms in total. The Morgan fingerprint density at radius 2 is 2.00 bits per heavy atom. The van der Waals surface area contributed by atoms with Crippen LogP contribution >= 0.6 is 0 Å². The lowest BCUT2D eigenvalue weighted by molar-refractivity contribution is -0.138. The molecule has 0 unspecified atom stereocenters. The lowest BCUT2D eigenvalue weighted by Gasteiger charge is -2.12. The van der Waals surface area contributed by atoms with Gasteiger partial charge in [-0.15, -0.1) is 0 Å². The molecule has 1 aromatic carbocycles. The van der Waals surface area contributed by atoms with E-state index in [1.165, 1.54) is 32.2 Å². The molecule has 0 aliphatic rings. The van der Waals surface area contributed by atoms with Crippen LogP contribution < -0.4 is 0 Å². The summed E-state index contributed by atoms with van der Waals surface area (Å²) in [6.07, 6.45) is -3.66. The first-order valence-electron chi connectivity index (χ1n) is 5.39. The molecule has 2 aromatic rings. The summed E-state index contributed by atoms with van der Waals surface area (Å²) in [4.78, 5) is 15.1. The van der Waals surface area contributed by atoms with Gasteiger partial charge in [0.15, 0.2) is 0 Å². The minimum absolute atomic E-state index is 0.0447. The molecular weight excluding hydrogens is 259 g/mol. The van der Waals surface area contributed by atoms with Crippen LogP contribution in [0.3, 0.4) is 0 Å². The molecule has 6 heteroatoms. The molecule has 2 rings (SSSR count). The van der Waals surface area contributed by atoms with Crippen molar-refractivity contribution < 1.29 is 22.7 Å². The van der Waals surface area contributed by atoms with E-state index in [1.54, 1.807) is 0 Å². The predicted octanol–water partition coefficient (Wildman–Crippen LogP) is 3.35. The Bertz CT molecular complexity index is 650. The molecule has 0 fully saturated rings. The van der Waals surface area contributed by atoms with Gasteiger partial charge in [-0.05, 0) is 30.7 Å². The highest BCUT2D eigenvalue weighted by molar-refractivity contribution is 5.95. The van der Waals surface area contributed by atoms with E-state index in [-0.39, 0.29) is 16.5 Å². The van der Waals surface area contributed by atoms with Crippen molar-refractivity contribution in [3.63, 3.8) is 0 Å². The van der Waals surface area contributed by atoms with E-state index in [9.17, 15) is 18.0 Å². The van der Waals surface area contributed by atoms with Crippen molar-refractivity contribution >= 4 is 16.9 Å². The number of aromatic nitrogens is 1. The van der Waals surface area contributed by atoms with Gasteiger partial charge in [0.1, 0.15) is 0 Å². The maximum absolute atomic E-state index is 12.8. The van der Waals surface area contributed by atoms with E-state index < -0.39 is 17.7 Å². The SMILES string of the molecule is COC(=O)c1ccc2ncc(C(F)(F)F)c(C)c2c1. The van der Waals surface area contributed by atoms with Gasteiger partial charge in [0, 0.05) is 11.6 Å². The summed E-state index contributed by atoms with van der Waals surface area (Å²) in [5.41, 5.74) is -0.164. The van der Waals surface area contributed by atoms with Gasteiger partial charge in [-0.1, -0.05) is 0 Å². The Morgan fingerprint density at radius 3 is 2.58 bits per heavy atom. The molecule has 0 saturated carbocycles. The Labute approximate surface area is 107 Å². The molecule has 0 aliphatic carbocycles. The van der Waals surface area contributed by atoms with Gasteiger partial charge in [0.05, 0.1) is 23.8 Å². The highest BCUT2D eigenvalue weighted by atomic mass is 19.4. The number of pyridine rings is 1. The average molecular weight is 269 g/mol. The highest BCUT2D eigenvalue weighted by Crippen LogP contribution is 2.34. The van der Waals surface area contributed by atoms with Crippen molar-refractivity contribution in [3.8, 4) is 0 Å². The summed E-state index contributed by atoms with van der Waals surface area (Å²) in [7, 11) is 1.21. The minimum atomic E-state index is -4.47. The van der Waals surface area contributed by atoms with Crippen LogP contribution in [0.1, 0.15) is 21.5 Å². The van der Waals surface area contributed by atoms with Crippen LogP contribution in [0.15, 0.2) is 24.4 Å². The first kappa shape index (κ1) is 13.3. The molecule has 0 amide bonds. The monoisotopic (exact) mass is 269 g/mol. The first-order valence-corrected chi connectivity index (χ1v) is 5.39. The van der Waals surface area contributed by atoms with E-state index in [1.807, 2.05) is 0 Å². The zero-order chi connectivity index (χ0) is 14.2. The first-order chi connectivity index (χ1) is 8.84. The Morgan fingerprint density at radius 1 is 1.32 bits per heavy atom. The van der Waals surface area contributed by atoms with Crippen LogP contribution in [0.2, 0.25) is 0 Å². The van der Waals surface area contributed by atoms with Crippen LogP contribution in [-0.4, -0.2) is 18.1 Å². The molecule has 0 bridgehead atoms. The standard InChI is InChI=1S/C13H10F3NO2/c1-7-9-5-8(12(18)19-2)3-4-11(9)17-6-10(7)13(14,15)16/h3-6H,1-2H3. The third kappa shape index (κ3) is 2.38. The number of fused-ring (bicyclic) bond motifs is 1. The number of hydrogen-bond acceptors (Lipinski definition) is 3. The van der Waals surface area contributed by atoms with Crippen LogP contribution in [0.5, 0.6) is 0 Å². The summed E-state index contributed by atoms with van der Waals surface area (Å²) < 4.78 is 42.9. The second kappa shape index (κ2) is 4.53. The second-order valence-electron chi connectivity index (χ2n) is 4.02. The number of hydrogen-bond donors (Lipinski definition) is 0. The molecule has 0 saturated heterocycles. The number of carbonyl (C=O) groups is 1. The van der Waals surface area contributed by atoms with Gasteiger partial charge in [0.25, 0.3) is 0 Å². The van der Waals surface area contributed by atoms with Crippen molar-refractivity contribution in [3.05, 3.63) is 41.1 Å². The average Bonchev–Trinajstić information content (AvgIpc) is 2.36. The molecule has 1 aromatic heterocycles. The quantitative estimate of drug-likeness (QED) is 0.745. The van der Waals surface area contributed by atoms with Gasteiger partial charge >= 0.3 is 12.1 Å². The van der Waals surface area contributed by atoms with Crippen molar-refractivity contribution in [1.29, 1.82) is 0 Å². The summed E-state index contributed by atoms with van der Waals surface area (Å²) in [6, 6.07) is 4.32. The van der Waals surface area contributed by atoms with Crippen molar-refractivity contribution in [2.75, 3.05) is 7.11 Å². The topological polar surface area (TPSA) is 39.2 Å². The van der Waals surface area contributed by atoms with E-state index in [0.717, 1.165) is 6.20 Å². The molecule has 1 heterocycles. The number of esters is 1. The van der Waals surface area contributed by atoms with Gasteiger partial charge in [-0.2, -0.15) is 13.2 Å². The fourth-order valence-corrected chi connectivity index (χ4v) is 1.86. The summed E-state index contributed by atoms with van der Waals surface area (Å²) >= 11 is 0. The smallest absolute Gasteiger partial charge is 0.418 e. The Balaban J connectivity index is 2.69. The fourth-order valence-electron chi connectivity index (χ4n) is 1.86. The normalized spacial score (nSPS) is 11.6. The van der Waals surface area contributed by atoms with E-state index in [4.69, 9.17) is 0 Å². The minimum Gasteiger partial charge on any atom is -0.465 e. The zero-order valence-corrected chi connectivity index (χ0v) is 10.2. The maximum atomic E-state index is 12.8. The second-order valence-corrected chi connectivity index (χ2v) is 4.02. The number of nitrogens with zero attached hydrogens (tertiary/aromatic N) is 1. The van der Waals surface area contributed by atoms with Crippen LogP contribution in [0.4, 0.5) is 13.2 Å². The maximum Gasteiger partial charge on any atom is 0.418 e. The summed E-state index contributed by atoms with van der Waals surface area (Å²) in [5, 5.41) is 0.290. The molecule has 19 heavy (non-hydrogen) atoms. The van der Waals surface area contributed by atoms with Crippen LogP contribution in [0.25, 0.3) is 10.9 Å². The largest absolute Gasteiger partial charge is 0.465 e. The van der Waals surface area contributed by atoms with Crippen molar-refractivity contribution in [1.82, 2.24) is 4.98 Å². The number of rotatable bonds is 1.